The lowest BCUT2D eigenvalue weighted by Crippen LogP contribution is -2.40. The van der Waals surface area contributed by atoms with Gasteiger partial charge in [-0.2, -0.15) is 0 Å². The first kappa shape index (κ1) is 16.4. The van der Waals surface area contributed by atoms with Crippen LogP contribution >= 0.6 is 0 Å². The molecule has 0 radical (unpaired) electrons. The predicted molar refractivity (Wildman–Crippen MR) is 74.0 cm³/mol. The summed E-state index contributed by atoms with van der Waals surface area (Å²) in [6, 6.07) is 0. The second-order valence-corrected chi connectivity index (χ2v) is 6.46. The van der Waals surface area contributed by atoms with Crippen LogP contribution in [0.4, 0.5) is 0 Å². The highest BCUT2D eigenvalue weighted by molar-refractivity contribution is 5.72. The number of hydrogen-bond acceptors (Lipinski definition) is 3. The summed E-state index contributed by atoms with van der Waals surface area (Å²) >= 11 is 0. The molecule has 0 aliphatic carbocycles. The summed E-state index contributed by atoms with van der Waals surface area (Å²) in [4.78, 5) is 11.2. The molecule has 112 valence electrons. The van der Waals surface area contributed by atoms with Crippen LogP contribution < -0.4 is 0 Å². The summed E-state index contributed by atoms with van der Waals surface area (Å²) in [5, 5.41) is 9.18. The summed E-state index contributed by atoms with van der Waals surface area (Å²) in [7, 11) is 0. The van der Waals surface area contributed by atoms with Crippen LogP contribution in [-0.4, -0.2) is 29.6 Å². The number of ether oxygens (including phenoxy) is 2. The van der Waals surface area contributed by atoms with Gasteiger partial charge in [-0.25, -0.2) is 4.79 Å². The smallest absolute Gasteiger partial charge is 0.332 e. The lowest BCUT2D eigenvalue weighted by Gasteiger charge is -2.38. The molecule has 1 heterocycles. The van der Waals surface area contributed by atoms with Crippen LogP contribution in [0.1, 0.15) is 66.2 Å². The molecule has 1 aliphatic rings. The standard InChI is InChI=1S/C15H28O4/c1-5-6-8-11(14(16)17)18-13-10-7-9-12(19-13)15(2,3)4/h11-13H,5-10H2,1-4H3,(H,16,17)/t11?,12-,13-/m1/s1. The van der Waals surface area contributed by atoms with Crippen molar-refractivity contribution in [1.29, 1.82) is 0 Å². The van der Waals surface area contributed by atoms with Crippen molar-refractivity contribution in [1.82, 2.24) is 0 Å². The molecule has 1 aliphatic heterocycles. The van der Waals surface area contributed by atoms with Crippen molar-refractivity contribution in [3.8, 4) is 0 Å². The lowest BCUT2D eigenvalue weighted by molar-refractivity contribution is -0.236. The van der Waals surface area contributed by atoms with Crippen molar-refractivity contribution in [2.45, 2.75) is 84.7 Å². The summed E-state index contributed by atoms with van der Waals surface area (Å²) < 4.78 is 11.6. The molecule has 19 heavy (non-hydrogen) atoms. The third kappa shape index (κ3) is 5.49. The van der Waals surface area contributed by atoms with E-state index >= 15 is 0 Å². The van der Waals surface area contributed by atoms with Crippen LogP contribution in [0.5, 0.6) is 0 Å². The third-order valence-corrected chi connectivity index (χ3v) is 3.60. The zero-order valence-corrected chi connectivity index (χ0v) is 12.6. The molecule has 0 amide bonds. The highest BCUT2D eigenvalue weighted by atomic mass is 16.7. The van der Waals surface area contributed by atoms with Gasteiger partial charge in [0.1, 0.15) is 0 Å². The maximum Gasteiger partial charge on any atom is 0.332 e. The molecule has 4 heteroatoms. The van der Waals surface area contributed by atoms with Crippen LogP contribution in [0.15, 0.2) is 0 Å². The molecule has 4 nitrogen and oxygen atoms in total. The second kappa shape index (κ2) is 7.25. The maximum atomic E-state index is 11.2. The van der Waals surface area contributed by atoms with E-state index in [-0.39, 0.29) is 17.8 Å². The number of carboxylic acids is 1. The van der Waals surface area contributed by atoms with Gasteiger partial charge in [-0.3, -0.25) is 0 Å². The first-order valence-corrected chi connectivity index (χ1v) is 7.38. The molecule has 1 fully saturated rings. The van der Waals surface area contributed by atoms with Gasteiger partial charge in [-0.05, 0) is 31.1 Å². The van der Waals surface area contributed by atoms with Gasteiger partial charge in [0.25, 0.3) is 0 Å². The van der Waals surface area contributed by atoms with Gasteiger partial charge in [0.2, 0.25) is 0 Å². The first-order valence-electron chi connectivity index (χ1n) is 7.38. The number of rotatable bonds is 6. The van der Waals surface area contributed by atoms with Gasteiger partial charge < -0.3 is 14.6 Å². The molecule has 1 N–H and O–H groups in total. The van der Waals surface area contributed by atoms with Gasteiger partial charge in [0.15, 0.2) is 12.4 Å². The normalized spacial score (nSPS) is 26.1. The van der Waals surface area contributed by atoms with Gasteiger partial charge >= 0.3 is 5.97 Å². The van der Waals surface area contributed by atoms with E-state index in [4.69, 9.17) is 9.47 Å². The topological polar surface area (TPSA) is 55.8 Å². The largest absolute Gasteiger partial charge is 0.479 e. The average Bonchev–Trinajstić information content (AvgIpc) is 2.33. The molecule has 3 atom stereocenters. The number of carbonyl (C=O) groups is 1. The molecule has 1 rings (SSSR count). The molecule has 0 saturated carbocycles. The van der Waals surface area contributed by atoms with Crippen LogP contribution in [0, 0.1) is 5.41 Å². The Kier molecular flexibility index (Phi) is 6.27. The van der Waals surface area contributed by atoms with Crippen molar-refractivity contribution >= 4 is 5.97 Å². The molecule has 0 aromatic heterocycles. The number of hydrogen-bond donors (Lipinski definition) is 1. The average molecular weight is 272 g/mol. The summed E-state index contributed by atoms with van der Waals surface area (Å²) in [6.45, 7) is 8.48. The molecule has 0 spiro atoms. The molecular formula is C15H28O4. The van der Waals surface area contributed by atoms with Crippen LogP contribution in [0.25, 0.3) is 0 Å². The van der Waals surface area contributed by atoms with Crippen molar-refractivity contribution < 1.29 is 19.4 Å². The minimum Gasteiger partial charge on any atom is -0.479 e. The van der Waals surface area contributed by atoms with Crippen molar-refractivity contribution in [2.75, 3.05) is 0 Å². The highest BCUT2D eigenvalue weighted by Gasteiger charge is 2.33. The first-order chi connectivity index (χ1) is 8.84. The van der Waals surface area contributed by atoms with Crippen molar-refractivity contribution in [3.05, 3.63) is 0 Å². The van der Waals surface area contributed by atoms with Gasteiger partial charge in [0, 0.05) is 0 Å². The Balaban J connectivity index is 2.52. The molecule has 0 aromatic rings. The monoisotopic (exact) mass is 272 g/mol. The van der Waals surface area contributed by atoms with Crippen LogP contribution in [-0.2, 0) is 14.3 Å². The fourth-order valence-corrected chi connectivity index (χ4v) is 2.35. The van der Waals surface area contributed by atoms with E-state index in [9.17, 15) is 9.90 Å². The van der Waals surface area contributed by atoms with E-state index in [1.807, 2.05) is 6.92 Å². The Morgan fingerprint density at radius 3 is 2.63 bits per heavy atom. The van der Waals surface area contributed by atoms with Gasteiger partial charge in [-0.1, -0.05) is 40.5 Å². The van der Waals surface area contributed by atoms with Crippen LogP contribution in [0.2, 0.25) is 0 Å². The number of aliphatic carboxylic acids is 1. The molecule has 0 bridgehead atoms. The van der Waals surface area contributed by atoms with E-state index in [1.54, 1.807) is 0 Å². The fourth-order valence-electron chi connectivity index (χ4n) is 2.35. The van der Waals surface area contributed by atoms with E-state index in [1.165, 1.54) is 0 Å². The quantitative estimate of drug-likeness (QED) is 0.803. The third-order valence-electron chi connectivity index (χ3n) is 3.60. The Morgan fingerprint density at radius 1 is 1.42 bits per heavy atom. The molecule has 1 saturated heterocycles. The Morgan fingerprint density at radius 2 is 2.11 bits per heavy atom. The van der Waals surface area contributed by atoms with Crippen molar-refractivity contribution in [3.63, 3.8) is 0 Å². The maximum absolute atomic E-state index is 11.2. The second-order valence-electron chi connectivity index (χ2n) is 6.46. The van der Waals surface area contributed by atoms with Crippen molar-refractivity contribution in [2.24, 2.45) is 5.41 Å². The zero-order valence-electron chi connectivity index (χ0n) is 12.6. The van der Waals surface area contributed by atoms with E-state index < -0.39 is 12.1 Å². The van der Waals surface area contributed by atoms with Gasteiger partial charge in [-0.15, -0.1) is 0 Å². The zero-order chi connectivity index (χ0) is 14.5. The predicted octanol–water partition coefficient (Wildman–Crippen LogP) is 3.59. The van der Waals surface area contributed by atoms with E-state index in [0.29, 0.717) is 6.42 Å². The summed E-state index contributed by atoms with van der Waals surface area (Å²) in [5.74, 6) is -0.880. The minimum atomic E-state index is -0.880. The Bertz CT molecular complexity index is 282. The molecule has 1 unspecified atom stereocenters. The minimum absolute atomic E-state index is 0.0736. The Hall–Kier alpha value is -0.610. The van der Waals surface area contributed by atoms with E-state index in [0.717, 1.165) is 32.1 Å². The van der Waals surface area contributed by atoms with Gasteiger partial charge in [0.05, 0.1) is 6.10 Å². The Labute approximate surface area is 116 Å². The SMILES string of the molecule is CCCCC(O[C@H]1CCC[C@H](C(C)(C)C)O1)C(=O)O. The number of carboxylic acid groups (broad SMARTS) is 1. The summed E-state index contributed by atoms with van der Waals surface area (Å²) in [6.07, 6.45) is 4.30. The summed E-state index contributed by atoms with van der Waals surface area (Å²) in [5.41, 5.74) is 0.0736. The number of unbranched alkanes of at least 4 members (excludes halogenated alkanes) is 1. The molecule has 0 aromatic carbocycles. The van der Waals surface area contributed by atoms with E-state index in [2.05, 4.69) is 20.8 Å². The highest BCUT2D eigenvalue weighted by Crippen LogP contribution is 2.32. The lowest BCUT2D eigenvalue weighted by atomic mass is 9.85. The fraction of sp³-hybridized carbons (Fsp3) is 0.933. The molecular weight excluding hydrogens is 244 g/mol. The van der Waals surface area contributed by atoms with Crippen LogP contribution in [0.3, 0.4) is 0 Å².